The number of aliphatic hydroxyl groups is 1. The normalized spacial score (nSPS) is 19.1. The van der Waals surface area contributed by atoms with E-state index in [1.54, 1.807) is 6.92 Å². The average molecular weight is 200 g/mol. The van der Waals surface area contributed by atoms with Crippen LogP contribution in [0.25, 0.3) is 0 Å². The number of carbonyl (C=O) groups is 2. The van der Waals surface area contributed by atoms with Crippen molar-refractivity contribution in [2.24, 2.45) is 0 Å². The number of hydrogen-bond acceptors (Lipinski definition) is 4. The third kappa shape index (κ3) is 3.08. The number of aliphatic hydroxyl groups excluding tert-OH is 1. The van der Waals surface area contributed by atoms with E-state index in [-0.39, 0.29) is 11.8 Å². The van der Waals surface area contributed by atoms with Crippen LogP contribution in [0.2, 0.25) is 0 Å². The Morgan fingerprint density at radius 3 is 2.50 bits per heavy atom. The van der Waals surface area contributed by atoms with Gasteiger partial charge in [0.2, 0.25) is 11.8 Å². The van der Waals surface area contributed by atoms with Gasteiger partial charge in [-0.1, -0.05) is 0 Å². The van der Waals surface area contributed by atoms with E-state index < -0.39 is 6.10 Å². The quantitative estimate of drug-likeness (QED) is 0.446. The molecule has 5 heteroatoms. The van der Waals surface area contributed by atoms with Gasteiger partial charge in [-0.3, -0.25) is 14.5 Å². The predicted octanol–water partition coefficient (Wildman–Crippen LogP) is -0.894. The molecule has 80 valence electrons. The van der Waals surface area contributed by atoms with Crippen LogP contribution in [0.5, 0.6) is 0 Å². The van der Waals surface area contributed by atoms with Gasteiger partial charge in [-0.2, -0.15) is 0 Å². The Labute approximate surface area is 83.1 Å². The summed E-state index contributed by atoms with van der Waals surface area (Å²) in [5, 5.41) is 11.9. The molecular weight excluding hydrogens is 184 g/mol. The Morgan fingerprint density at radius 1 is 1.43 bits per heavy atom. The molecule has 1 atom stereocenters. The summed E-state index contributed by atoms with van der Waals surface area (Å²) in [6.45, 7) is 3.11. The summed E-state index contributed by atoms with van der Waals surface area (Å²) in [7, 11) is 0. The van der Waals surface area contributed by atoms with Crippen molar-refractivity contribution in [2.75, 3.05) is 19.6 Å². The molecule has 1 rings (SSSR count). The summed E-state index contributed by atoms with van der Waals surface area (Å²) < 4.78 is 0. The van der Waals surface area contributed by atoms with Crippen LogP contribution in [-0.4, -0.2) is 47.6 Å². The molecule has 0 spiro atoms. The second-order valence-corrected chi connectivity index (χ2v) is 3.49. The number of nitrogens with zero attached hydrogens (tertiary/aromatic N) is 1. The van der Waals surface area contributed by atoms with Crippen LogP contribution in [0, 0.1) is 0 Å². The molecule has 0 aliphatic carbocycles. The molecule has 1 aliphatic heterocycles. The Balaban J connectivity index is 2.17. The van der Waals surface area contributed by atoms with Crippen molar-refractivity contribution < 1.29 is 14.7 Å². The number of likely N-dealkylation sites (tertiary alicyclic amines) is 1. The second kappa shape index (κ2) is 5.07. The first-order valence-electron chi connectivity index (χ1n) is 4.83. The van der Waals surface area contributed by atoms with E-state index in [0.717, 1.165) is 0 Å². The maximum atomic E-state index is 11.1. The van der Waals surface area contributed by atoms with Gasteiger partial charge in [-0.05, 0) is 6.92 Å². The van der Waals surface area contributed by atoms with Gasteiger partial charge < -0.3 is 10.4 Å². The zero-order valence-electron chi connectivity index (χ0n) is 8.32. The fourth-order valence-electron chi connectivity index (χ4n) is 1.37. The summed E-state index contributed by atoms with van der Waals surface area (Å²) in [4.78, 5) is 23.6. The van der Waals surface area contributed by atoms with Gasteiger partial charge in [0.15, 0.2) is 0 Å². The molecule has 0 saturated carbocycles. The molecule has 0 bridgehead atoms. The lowest BCUT2D eigenvalue weighted by molar-refractivity contribution is -0.138. The van der Waals surface area contributed by atoms with E-state index in [1.165, 1.54) is 4.90 Å². The van der Waals surface area contributed by atoms with Crippen molar-refractivity contribution in [3.8, 4) is 0 Å². The SMILES string of the molecule is CC(O)CNCCN1C(=O)CCC1=O. The average Bonchev–Trinajstić information content (AvgIpc) is 2.42. The maximum Gasteiger partial charge on any atom is 0.229 e. The Kier molecular flexibility index (Phi) is 4.03. The molecule has 1 saturated heterocycles. The highest BCUT2D eigenvalue weighted by molar-refractivity contribution is 6.01. The van der Waals surface area contributed by atoms with E-state index in [1.807, 2.05) is 0 Å². The molecular formula is C9H16N2O3. The van der Waals surface area contributed by atoms with E-state index in [2.05, 4.69) is 5.32 Å². The van der Waals surface area contributed by atoms with Crippen LogP contribution >= 0.6 is 0 Å². The predicted molar refractivity (Wildman–Crippen MR) is 50.5 cm³/mol. The fraction of sp³-hybridized carbons (Fsp3) is 0.778. The summed E-state index contributed by atoms with van der Waals surface area (Å²) in [5.74, 6) is -0.178. The van der Waals surface area contributed by atoms with Gasteiger partial charge in [-0.15, -0.1) is 0 Å². The highest BCUT2D eigenvalue weighted by atomic mass is 16.3. The number of amides is 2. The molecule has 1 heterocycles. The number of rotatable bonds is 5. The topological polar surface area (TPSA) is 69.6 Å². The zero-order valence-corrected chi connectivity index (χ0v) is 8.32. The molecule has 0 aromatic heterocycles. The van der Waals surface area contributed by atoms with Crippen LogP contribution < -0.4 is 5.32 Å². The maximum absolute atomic E-state index is 11.1. The van der Waals surface area contributed by atoms with Crippen molar-refractivity contribution in [1.29, 1.82) is 0 Å². The Bertz CT molecular complexity index is 212. The molecule has 0 radical (unpaired) electrons. The summed E-state index contributed by atoms with van der Waals surface area (Å²) in [5.41, 5.74) is 0. The van der Waals surface area contributed by atoms with Crippen molar-refractivity contribution in [3.63, 3.8) is 0 Å². The van der Waals surface area contributed by atoms with Crippen molar-refractivity contribution in [2.45, 2.75) is 25.9 Å². The minimum absolute atomic E-state index is 0.0890. The highest BCUT2D eigenvalue weighted by Crippen LogP contribution is 2.10. The zero-order chi connectivity index (χ0) is 10.6. The van der Waals surface area contributed by atoms with Crippen molar-refractivity contribution in [1.82, 2.24) is 10.2 Å². The van der Waals surface area contributed by atoms with E-state index in [0.29, 0.717) is 32.5 Å². The monoisotopic (exact) mass is 200 g/mol. The standard InChI is InChI=1S/C9H16N2O3/c1-7(12)6-10-4-5-11-8(13)2-3-9(11)14/h7,10,12H,2-6H2,1H3. The van der Waals surface area contributed by atoms with E-state index in [4.69, 9.17) is 5.11 Å². The van der Waals surface area contributed by atoms with Crippen LogP contribution in [0.15, 0.2) is 0 Å². The smallest absolute Gasteiger partial charge is 0.229 e. The number of imide groups is 1. The Hall–Kier alpha value is -0.940. The molecule has 1 fully saturated rings. The fourth-order valence-corrected chi connectivity index (χ4v) is 1.37. The van der Waals surface area contributed by atoms with Crippen LogP contribution in [-0.2, 0) is 9.59 Å². The first-order chi connectivity index (χ1) is 6.61. The molecule has 0 aromatic rings. The molecule has 0 aromatic carbocycles. The number of hydrogen-bond donors (Lipinski definition) is 2. The van der Waals surface area contributed by atoms with Gasteiger partial charge in [0.05, 0.1) is 6.10 Å². The molecule has 1 unspecified atom stereocenters. The molecule has 5 nitrogen and oxygen atoms in total. The minimum Gasteiger partial charge on any atom is -0.392 e. The summed E-state index contributed by atoms with van der Waals surface area (Å²) in [6.07, 6.45) is 0.282. The molecule has 14 heavy (non-hydrogen) atoms. The lowest BCUT2D eigenvalue weighted by Crippen LogP contribution is -2.37. The minimum atomic E-state index is -0.403. The molecule has 2 N–H and O–H groups in total. The molecule has 1 aliphatic rings. The van der Waals surface area contributed by atoms with Crippen LogP contribution in [0.4, 0.5) is 0 Å². The van der Waals surface area contributed by atoms with Gasteiger partial charge in [0.25, 0.3) is 0 Å². The summed E-state index contributed by atoms with van der Waals surface area (Å²) in [6, 6.07) is 0. The van der Waals surface area contributed by atoms with E-state index in [9.17, 15) is 9.59 Å². The lowest BCUT2D eigenvalue weighted by Gasteiger charge is -2.14. The van der Waals surface area contributed by atoms with Crippen LogP contribution in [0.3, 0.4) is 0 Å². The highest BCUT2D eigenvalue weighted by Gasteiger charge is 2.27. The van der Waals surface area contributed by atoms with Gasteiger partial charge in [-0.25, -0.2) is 0 Å². The number of carbonyl (C=O) groups excluding carboxylic acids is 2. The third-order valence-electron chi connectivity index (χ3n) is 2.11. The molecule has 2 amide bonds. The number of nitrogens with one attached hydrogen (secondary N) is 1. The summed E-state index contributed by atoms with van der Waals surface area (Å²) >= 11 is 0. The van der Waals surface area contributed by atoms with E-state index >= 15 is 0 Å². The first-order valence-corrected chi connectivity index (χ1v) is 4.83. The lowest BCUT2D eigenvalue weighted by atomic mass is 10.4. The van der Waals surface area contributed by atoms with Gasteiger partial charge in [0, 0.05) is 32.5 Å². The van der Waals surface area contributed by atoms with Crippen molar-refractivity contribution >= 4 is 11.8 Å². The Morgan fingerprint density at radius 2 is 2.00 bits per heavy atom. The third-order valence-corrected chi connectivity index (χ3v) is 2.11. The van der Waals surface area contributed by atoms with Crippen LogP contribution in [0.1, 0.15) is 19.8 Å². The van der Waals surface area contributed by atoms with Gasteiger partial charge in [0.1, 0.15) is 0 Å². The van der Waals surface area contributed by atoms with Crippen molar-refractivity contribution in [3.05, 3.63) is 0 Å². The van der Waals surface area contributed by atoms with Gasteiger partial charge >= 0.3 is 0 Å². The first kappa shape index (κ1) is 11.1. The second-order valence-electron chi connectivity index (χ2n) is 3.49. The largest absolute Gasteiger partial charge is 0.392 e.